The van der Waals surface area contributed by atoms with Crippen molar-refractivity contribution in [3.05, 3.63) is 24.3 Å². The van der Waals surface area contributed by atoms with Crippen molar-refractivity contribution < 1.29 is 4.74 Å². The van der Waals surface area contributed by atoms with Gasteiger partial charge in [0, 0.05) is 37.3 Å². The molecule has 2 fully saturated rings. The van der Waals surface area contributed by atoms with E-state index in [1.807, 2.05) is 24.3 Å². The van der Waals surface area contributed by atoms with Gasteiger partial charge in [0.2, 0.25) is 0 Å². The largest absolute Gasteiger partial charge is 0.490 e. The Morgan fingerprint density at radius 3 is 2.71 bits per heavy atom. The molecule has 0 spiro atoms. The third-order valence-electron chi connectivity index (χ3n) is 4.87. The maximum atomic E-state index is 6.22. The monoisotopic (exact) mass is 289 g/mol. The van der Waals surface area contributed by atoms with Crippen molar-refractivity contribution >= 4 is 5.69 Å². The number of nitrogens with two attached hydrogens (primary N) is 1. The highest BCUT2D eigenvalue weighted by atomic mass is 16.5. The van der Waals surface area contributed by atoms with Crippen molar-refractivity contribution in [2.75, 3.05) is 39.5 Å². The maximum Gasteiger partial charge on any atom is 0.119 e. The molecule has 2 bridgehead atoms. The number of nitrogen functional groups attached to an aromatic ring is 1. The fourth-order valence-corrected chi connectivity index (χ4v) is 3.66. The molecule has 3 rings (SSSR count). The Labute approximate surface area is 127 Å². The Morgan fingerprint density at radius 1 is 1.24 bits per heavy atom. The van der Waals surface area contributed by atoms with Crippen LogP contribution in [0.5, 0.6) is 5.75 Å². The molecule has 0 amide bonds. The lowest BCUT2D eigenvalue weighted by molar-refractivity contribution is 0.113. The molecule has 1 aliphatic heterocycles. The number of likely N-dealkylation sites (N-methyl/N-ethyl adjacent to an activating group) is 1. The molecule has 1 aromatic rings. The van der Waals surface area contributed by atoms with E-state index >= 15 is 0 Å². The zero-order chi connectivity index (χ0) is 14.8. The topological polar surface area (TPSA) is 41.7 Å². The Hall–Kier alpha value is -1.26. The Morgan fingerprint density at radius 2 is 2.00 bits per heavy atom. The van der Waals surface area contributed by atoms with Crippen LogP contribution in [-0.4, -0.2) is 55.7 Å². The molecule has 1 saturated heterocycles. The predicted octanol–water partition coefficient (Wildman–Crippen LogP) is 2.06. The first kappa shape index (κ1) is 14.7. The molecular formula is C17H27N3O. The van der Waals surface area contributed by atoms with E-state index in [2.05, 4.69) is 23.9 Å². The van der Waals surface area contributed by atoms with Gasteiger partial charge in [-0.15, -0.1) is 0 Å². The lowest BCUT2D eigenvalue weighted by Gasteiger charge is -2.29. The zero-order valence-electron chi connectivity index (χ0n) is 13.2. The summed E-state index contributed by atoms with van der Waals surface area (Å²) in [6.45, 7) is 3.52. The molecule has 4 nitrogen and oxygen atoms in total. The van der Waals surface area contributed by atoms with E-state index in [0.717, 1.165) is 24.0 Å². The Balaban J connectivity index is 1.57. The lowest BCUT2D eigenvalue weighted by Crippen LogP contribution is -2.35. The van der Waals surface area contributed by atoms with Gasteiger partial charge in [0.15, 0.2) is 0 Å². The van der Waals surface area contributed by atoms with E-state index < -0.39 is 0 Å². The summed E-state index contributed by atoms with van der Waals surface area (Å²) in [5, 5.41) is 0. The first-order chi connectivity index (χ1) is 10.1. The number of ether oxygens (including phenoxy) is 1. The van der Waals surface area contributed by atoms with Crippen LogP contribution < -0.4 is 10.5 Å². The molecule has 4 heteroatoms. The Kier molecular flexibility index (Phi) is 4.36. The summed E-state index contributed by atoms with van der Waals surface area (Å²) in [4.78, 5) is 4.93. The van der Waals surface area contributed by atoms with Gasteiger partial charge in [-0.05, 0) is 57.6 Å². The van der Waals surface area contributed by atoms with Crippen molar-refractivity contribution in [2.24, 2.45) is 5.92 Å². The van der Waals surface area contributed by atoms with Crippen LogP contribution in [0.4, 0.5) is 5.69 Å². The first-order valence-corrected chi connectivity index (χ1v) is 8.03. The molecule has 1 heterocycles. The second-order valence-electron chi connectivity index (χ2n) is 6.75. The van der Waals surface area contributed by atoms with E-state index in [1.165, 1.54) is 32.4 Å². The van der Waals surface area contributed by atoms with Crippen LogP contribution in [0.15, 0.2) is 24.3 Å². The highest BCUT2D eigenvalue weighted by molar-refractivity contribution is 5.41. The van der Waals surface area contributed by atoms with Gasteiger partial charge in [0.1, 0.15) is 11.9 Å². The summed E-state index contributed by atoms with van der Waals surface area (Å²) in [6.07, 6.45) is 4.11. The number of benzene rings is 1. The fourth-order valence-electron chi connectivity index (χ4n) is 3.66. The zero-order valence-corrected chi connectivity index (χ0v) is 13.2. The summed E-state index contributed by atoms with van der Waals surface area (Å²) in [7, 11) is 4.30. The second-order valence-corrected chi connectivity index (χ2v) is 6.75. The van der Waals surface area contributed by atoms with E-state index in [9.17, 15) is 0 Å². The molecule has 0 radical (unpaired) electrons. The quantitative estimate of drug-likeness (QED) is 0.843. The molecule has 3 atom stereocenters. The second kappa shape index (κ2) is 6.24. The van der Waals surface area contributed by atoms with Crippen LogP contribution in [0.1, 0.15) is 19.3 Å². The smallest absolute Gasteiger partial charge is 0.119 e. The van der Waals surface area contributed by atoms with Gasteiger partial charge >= 0.3 is 0 Å². The van der Waals surface area contributed by atoms with Gasteiger partial charge in [0.25, 0.3) is 0 Å². The van der Waals surface area contributed by atoms with Gasteiger partial charge in [-0.25, -0.2) is 0 Å². The molecule has 1 aromatic carbocycles. The fraction of sp³-hybridized carbons (Fsp3) is 0.647. The standard InChI is InChI=1S/C17H27N3O/c1-19(2)9-10-20-12-13-11-15(20)5-8-17(13)21-16-6-3-14(18)4-7-16/h3-4,6-7,13,15,17H,5,8-12,18H2,1-2H3. The number of nitrogens with zero attached hydrogens (tertiary/aromatic N) is 2. The average Bonchev–Trinajstić information content (AvgIpc) is 2.79. The molecule has 3 unspecified atom stereocenters. The number of fused-ring (bicyclic) bond motifs is 2. The van der Waals surface area contributed by atoms with E-state index in [4.69, 9.17) is 10.5 Å². The number of hydrogen-bond donors (Lipinski definition) is 1. The maximum absolute atomic E-state index is 6.22. The molecule has 2 N–H and O–H groups in total. The summed E-state index contributed by atoms with van der Waals surface area (Å²) >= 11 is 0. The minimum Gasteiger partial charge on any atom is -0.490 e. The minimum atomic E-state index is 0.370. The first-order valence-electron chi connectivity index (χ1n) is 8.03. The van der Waals surface area contributed by atoms with Crippen LogP contribution in [0, 0.1) is 5.92 Å². The van der Waals surface area contributed by atoms with Crippen LogP contribution >= 0.6 is 0 Å². The van der Waals surface area contributed by atoms with Crippen LogP contribution in [-0.2, 0) is 0 Å². The van der Waals surface area contributed by atoms with E-state index in [-0.39, 0.29) is 0 Å². The molecule has 0 aromatic heterocycles. The number of anilines is 1. The van der Waals surface area contributed by atoms with Crippen molar-refractivity contribution in [2.45, 2.75) is 31.4 Å². The van der Waals surface area contributed by atoms with Crippen molar-refractivity contribution in [3.63, 3.8) is 0 Å². The summed E-state index contributed by atoms with van der Waals surface area (Å²) in [6, 6.07) is 8.58. The SMILES string of the molecule is CN(C)CCN1CC2CC1CCC2Oc1ccc(N)cc1. The molecule has 1 saturated carbocycles. The third kappa shape index (κ3) is 3.50. The molecular weight excluding hydrogens is 262 g/mol. The van der Waals surface area contributed by atoms with Crippen molar-refractivity contribution in [3.8, 4) is 5.75 Å². The van der Waals surface area contributed by atoms with Crippen LogP contribution in [0.25, 0.3) is 0 Å². The van der Waals surface area contributed by atoms with Gasteiger partial charge < -0.3 is 15.4 Å². The normalized spacial score (nSPS) is 29.0. The molecule has 116 valence electrons. The number of rotatable bonds is 5. The Bertz CT molecular complexity index is 460. The highest BCUT2D eigenvalue weighted by Gasteiger charge is 2.41. The highest BCUT2D eigenvalue weighted by Crippen LogP contribution is 2.37. The summed E-state index contributed by atoms with van der Waals surface area (Å²) in [5.74, 6) is 1.64. The third-order valence-corrected chi connectivity index (χ3v) is 4.87. The number of hydrogen-bond acceptors (Lipinski definition) is 4. The summed E-state index contributed by atoms with van der Waals surface area (Å²) in [5.41, 5.74) is 6.52. The molecule has 1 aliphatic carbocycles. The van der Waals surface area contributed by atoms with Gasteiger partial charge in [-0.1, -0.05) is 0 Å². The van der Waals surface area contributed by atoms with Crippen LogP contribution in [0.2, 0.25) is 0 Å². The van der Waals surface area contributed by atoms with Crippen molar-refractivity contribution in [1.29, 1.82) is 0 Å². The number of likely N-dealkylation sites (tertiary alicyclic amines) is 1. The molecule has 2 aliphatic rings. The van der Waals surface area contributed by atoms with E-state index in [0.29, 0.717) is 12.0 Å². The van der Waals surface area contributed by atoms with Gasteiger partial charge in [0.05, 0.1) is 0 Å². The summed E-state index contributed by atoms with van der Waals surface area (Å²) < 4.78 is 6.22. The van der Waals surface area contributed by atoms with Crippen molar-refractivity contribution in [1.82, 2.24) is 9.80 Å². The lowest BCUT2D eigenvalue weighted by atomic mass is 9.87. The average molecular weight is 289 g/mol. The van der Waals surface area contributed by atoms with Gasteiger partial charge in [-0.2, -0.15) is 0 Å². The predicted molar refractivity (Wildman–Crippen MR) is 86.5 cm³/mol. The minimum absolute atomic E-state index is 0.370. The van der Waals surface area contributed by atoms with Crippen LogP contribution in [0.3, 0.4) is 0 Å². The van der Waals surface area contributed by atoms with Gasteiger partial charge in [-0.3, -0.25) is 4.90 Å². The van der Waals surface area contributed by atoms with E-state index in [1.54, 1.807) is 0 Å². The molecule has 21 heavy (non-hydrogen) atoms.